The van der Waals surface area contributed by atoms with Gasteiger partial charge in [-0.3, -0.25) is 18.9 Å². The number of phosphoric acid groups is 3. The molecular weight excluding hydrogens is 499 g/mol. The third kappa shape index (κ3) is 7.20. The van der Waals surface area contributed by atoms with Crippen molar-refractivity contribution in [3.05, 3.63) is 33.1 Å². The minimum atomic E-state index is -5.79. The van der Waals surface area contributed by atoms with Crippen molar-refractivity contribution < 1.29 is 59.9 Å². The molecule has 15 nitrogen and oxygen atoms in total. The average molecular weight is 516 g/mol. The lowest BCUT2D eigenvalue weighted by Gasteiger charge is -2.30. The van der Waals surface area contributed by atoms with Crippen molar-refractivity contribution >= 4 is 23.5 Å². The summed E-state index contributed by atoms with van der Waals surface area (Å²) < 4.78 is 78.5. The molecule has 0 amide bonds. The Balaban J connectivity index is 2.18. The number of halogens is 2. The largest absolute Gasteiger partial charge is 0.490 e. The highest BCUT2D eigenvalue weighted by molar-refractivity contribution is 7.66. The molecule has 5 atom stereocenters. The molecule has 1 aliphatic heterocycles. The second-order valence-corrected chi connectivity index (χ2v) is 10.9. The third-order valence-electron chi connectivity index (χ3n) is 4.04. The van der Waals surface area contributed by atoms with E-state index >= 15 is 0 Å². The van der Waals surface area contributed by atoms with Crippen molar-refractivity contribution in [3.8, 4) is 0 Å². The molecule has 178 valence electrons. The first kappa shape index (κ1) is 26.2. The smallest absolute Gasteiger partial charge is 0.349 e. The summed E-state index contributed by atoms with van der Waals surface area (Å²) in [7, 11) is -17.0. The zero-order valence-corrected chi connectivity index (χ0v) is 18.0. The third-order valence-corrected chi connectivity index (χ3v) is 7.82. The molecule has 0 spiro atoms. The standard InChI is InChI=1S/C11H17F2N2O13P3/c1-11(5-25-30(21,22)28-31(23,24)27-29(18,19)20)6(9(12)13)4-8(26-11)15-3-2-7(16)14-10(15)17/h2-3,6,8-9H,4-5H2,1H3,(H,21,22)(H,23,24)(H,14,16,17)(H2,18,19,20)/t6-,8-,11-/m1/s1. The molecule has 2 heterocycles. The number of aromatic amines is 1. The van der Waals surface area contributed by atoms with Crippen molar-refractivity contribution in [2.45, 2.75) is 31.6 Å². The molecule has 31 heavy (non-hydrogen) atoms. The number of hydrogen-bond acceptors (Lipinski definition) is 9. The Kier molecular flexibility index (Phi) is 7.63. The summed E-state index contributed by atoms with van der Waals surface area (Å²) in [5, 5.41) is 0. The van der Waals surface area contributed by atoms with Crippen LogP contribution in [0.2, 0.25) is 0 Å². The predicted octanol–water partition coefficient (Wildman–Crippen LogP) is 0.439. The van der Waals surface area contributed by atoms with Crippen molar-refractivity contribution in [2.75, 3.05) is 6.61 Å². The summed E-state index contributed by atoms with van der Waals surface area (Å²) in [5.74, 6) is -1.68. The van der Waals surface area contributed by atoms with Crippen molar-refractivity contribution in [3.63, 3.8) is 0 Å². The van der Waals surface area contributed by atoms with Gasteiger partial charge in [0.25, 0.3) is 5.56 Å². The van der Waals surface area contributed by atoms with Gasteiger partial charge in [-0.15, -0.1) is 0 Å². The molecule has 2 rings (SSSR count). The maximum Gasteiger partial charge on any atom is 0.490 e. The summed E-state index contributed by atoms with van der Waals surface area (Å²) in [5.41, 5.74) is -3.76. The minimum Gasteiger partial charge on any atom is -0.349 e. The highest BCUT2D eigenvalue weighted by atomic mass is 31.3. The Labute approximate surface area is 171 Å². The lowest BCUT2D eigenvalue weighted by molar-refractivity contribution is -0.118. The Hall–Kier alpha value is -1.09. The highest BCUT2D eigenvalue weighted by Gasteiger charge is 2.52. The lowest BCUT2D eigenvalue weighted by Crippen LogP contribution is -2.40. The van der Waals surface area contributed by atoms with E-state index in [1.165, 1.54) is 0 Å². The van der Waals surface area contributed by atoms with Crippen LogP contribution < -0.4 is 11.2 Å². The molecule has 0 aromatic carbocycles. The molecule has 2 unspecified atom stereocenters. The summed E-state index contributed by atoms with van der Waals surface area (Å²) in [6.45, 7) is -0.106. The van der Waals surface area contributed by atoms with E-state index in [1.807, 2.05) is 4.98 Å². The van der Waals surface area contributed by atoms with Crippen LogP contribution in [0.3, 0.4) is 0 Å². The second kappa shape index (κ2) is 9.04. The van der Waals surface area contributed by atoms with Crippen molar-refractivity contribution in [1.29, 1.82) is 0 Å². The monoisotopic (exact) mass is 516 g/mol. The van der Waals surface area contributed by atoms with E-state index in [-0.39, 0.29) is 0 Å². The van der Waals surface area contributed by atoms with Crippen LogP contribution in [-0.2, 0) is 31.6 Å². The van der Waals surface area contributed by atoms with Crippen molar-refractivity contribution in [2.24, 2.45) is 5.92 Å². The van der Waals surface area contributed by atoms with Crippen LogP contribution >= 0.6 is 23.5 Å². The maximum absolute atomic E-state index is 13.5. The Morgan fingerprint density at radius 3 is 2.35 bits per heavy atom. The minimum absolute atomic E-state index is 0.486. The molecule has 20 heteroatoms. The molecule has 1 aromatic rings. The number of hydrogen-bond donors (Lipinski definition) is 5. The Morgan fingerprint density at radius 2 is 1.84 bits per heavy atom. The second-order valence-electron chi connectivity index (χ2n) is 6.44. The van der Waals surface area contributed by atoms with Gasteiger partial charge in [0.15, 0.2) is 0 Å². The Bertz CT molecular complexity index is 1070. The molecule has 0 aliphatic carbocycles. The van der Waals surface area contributed by atoms with Crippen LogP contribution in [0.1, 0.15) is 19.6 Å². The van der Waals surface area contributed by atoms with E-state index in [9.17, 15) is 37.0 Å². The first-order valence-electron chi connectivity index (χ1n) is 7.99. The summed E-state index contributed by atoms with van der Waals surface area (Å²) in [6, 6.07) is 0.934. The van der Waals surface area contributed by atoms with Crippen LogP contribution in [0.5, 0.6) is 0 Å². The first-order chi connectivity index (χ1) is 13.9. The number of phosphoric ester groups is 1. The van der Waals surface area contributed by atoms with Gasteiger partial charge in [0.2, 0.25) is 6.43 Å². The number of ether oxygens (including phenoxy) is 1. The molecule has 5 N–H and O–H groups in total. The van der Waals surface area contributed by atoms with Crippen LogP contribution in [0.15, 0.2) is 21.9 Å². The molecule has 0 saturated carbocycles. The highest BCUT2D eigenvalue weighted by Crippen LogP contribution is 2.66. The number of alkyl halides is 2. The number of aromatic nitrogens is 2. The van der Waals surface area contributed by atoms with Crippen molar-refractivity contribution in [1.82, 2.24) is 9.55 Å². The zero-order valence-electron chi connectivity index (χ0n) is 15.3. The predicted molar refractivity (Wildman–Crippen MR) is 93.8 cm³/mol. The zero-order chi connectivity index (χ0) is 23.8. The van der Waals surface area contributed by atoms with Crippen LogP contribution in [0, 0.1) is 5.92 Å². The fourth-order valence-electron chi connectivity index (χ4n) is 2.76. The normalized spacial score (nSPS) is 28.4. The maximum atomic E-state index is 13.5. The molecule has 0 bridgehead atoms. The molecular formula is C11H17F2N2O13P3. The van der Waals surface area contributed by atoms with E-state index in [0.717, 1.165) is 23.8 Å². The number of H-pyrrole nitrogens is 1. The fourth-order valence-corrected chi connectivity index (χ4v) is 5.87. The van der Waals surface area contributed by atoms with Gasteiger partial charge in [0.1, 0.15) is 11.8 Å². The van der Waals surface area contributed by atoms with E-state index in [1.54, 1.807) is 0 Å². The molecule has 1 aromatic heterocycles. The molecule has 0 radical (unpaired) electrons. The molecule has 1 fully saturated rings. The number of rotatable bonds is 9. The van der Waals surface area contributed by atoms with Gasteiger partial charge in [-0.1, -0.05) is 0 Å². The van der Waals surface area contributed by atoms with Crippen LogP contribution in [0.25, 0.3) is 0 Å². The van der Waals surface area contributed by atoms with Gasteiger partial charge in [-0.25, -0.2) is 27.3 Å². The van der Waals surface area contributed by atoms with Gasteiger partial charge in [-0.2, -0.15) is 8.62 Å². The van der Waals surface area contributed by atoms with E-state index in [2.05, 4.69) is 13.1 Å². The summed E-state index contributed by atoms with van der Waals surface area (Å²) in [4.78, 5) is 60.5. The average Bonchev–Trinajstić information content (AvgIpc) is 2.88. The topological polar surface area (TPSA) is 224 Å². The van der Waals surface area contributed by atoms with Crippen LogP contribution in [-0.4, -0.2) is 47.8 Å². The van der Waals surface area contributed by atoms with Gasteiger partial charge in [0, 0.05) is 18.7 Å². The first-order valence-corrected chi connectivity index (χ1v) is 12.5. The lowest BCUT2D eigenvalue weighted by atomic mass is 9.90. The fraction of sp³-hybridized carbons (Fsp3) is 0.636. The summed E-state index contributed by atoms with van der Waals surface area (Å²) in [6.07, 6.45) is -3.90. The van der Waals surface area contributed by atoms with E-state index in [0.29, 0.717) is 0 Å². The van der Waals surface area contributed by atoms with Gasteiger partial charge < -0.3 is 24.3 Å². The van der Waals surface area contributed by atoms with E-state index in [4.69, 9.17) is 19.4 Å². The number of nitrogens with zero attached hydrogens (tertiary/aromatic N) is 1. The SMILES string of the molecule is C[C@]1(COP(=O)(O)OP(=O)(O)OP(=O)(O)O)O[C@@H](n2ccc(=O)[nH]c2=O)C[C@@H]1C(F)F. The van der Waals surface area contributed by atoms with Gasteiger partial charge >= 0.3 is 29.2 Å². The van der Waals surface area contributed by atoms with Crippen LogP contribution in [0.4, 0.5) is 8.78 Å². The Morgan fingerprint density at radius 1 is 1.23 bits per heavy atom. The molecule has 1 aliphatic rings. The van der Waals surface area contributed by atoms with Gasteiger partial charge in [0.05, 0.1) is 12.5 Å². The number of nitrogens with one attached hydrogen (secondary N) is 1. The summed E-state index contributed by atoms with van der Waals surface area (Å²) >= 11 is 0. The molecule has 1 saturated heterocycles. The van der Waals surface area contributed by atoms with Gasteiger partial charge in [-0.05, 0) is 6.92 Å². The quantitative estimate of drug-likeness (QED) is 0.281. The van der Waals surface area contributed by atoms with E-state index < -0.39 is 71.9 Å².